The van der Waals surface area contributed by atoms with Gasteiger partial charge in [0.15, 0.2) is 11.5 Å². The van der Waals surface area contributed by atoms with E-state index in [2.05, 4.69) is 0 Å². The van der Waals surface area contributed by atoms with Crippen molar-refractivity contribution in [3.05, 3.63) is 18.2 Å². The Hall–Kier alpha value is -1.27. The summed E-state index contributed by atoms with van der Waals surface area (Å²) < 4.78 is 36.0. The van der Waals surface area contributed by atoms with Gasteiger partial charge in [0.2, 0.25) is 10.0 Å². The molecule has 6 heteroatoms. The molecule has 0 aromatic heterocycles. The van der Waals surface area contributed by atoms with E-state index in [0.29, 0.717) is 11.5 Å². The van der Waals surface area contributed by atoms with Crippen LogP contribution < -0.4 is 9.47 Å². The van der Waals surface area contributed by atoms with Crippen molar-refractivity contribution in [2.24, 2.45) is 0 Å². The maximum atomic E-state index is 12.3. The third kappa shape index (κ3) is 2.76. The van der Waals surface area contributed by atoms with Crippen LogP contribution in [0.15, 0.2) is 23.1 Å². The molecule has 1 aromatic carbocycles. The lowest BCUT2D eigenvalue weighted by molar-refractivity contribution is 0.353. The highest BCUT2D eigenvalue weighted by atomic mass is 32.2. The van der Waals surface area contributed by atoms with Crippen LogP contribution >= 0.6 is 0 Å². The van der Waals surface area contributed by atoms with Crippen LogP contribution in [0.4, 0.5) is 0 Å². The first-order valence-electron chi connectivity index (χ1n) is 5.54. The topological polar surface area (TPSA) is 55.8 Å². The van der Waals surface area contributed by atoms with Gasteiger partial charge in [0.1, 0.15) is 0 Å². The van der Waals surface area contributed by atoms with E-state index in [1.54, 1.807) is 13.1 Å². The second-order valence-electron chi connectivity index (χ2n) is 4.13. The Morgan fingerprint density at radius 3 is 2.11 bits per heavy atom. The molecule has 18 heavy (non-hydrogen) atoms. The molecular formula is C12H19NO4S. The van der Waals surface area contributed by atoms with Crippen LogP contribution in [0.1, 0.15) is 13.8 Å². The third-order valence-corrected chi connectivity index (χ3v) is 4.79. The van der Waals surface area contributed by atoms with Crippen molar-refractivity contribution in [2.75, 3.05) is 21.3 Å². The average molecular weight is 273 g/mol. The Morgan fingerprint density at radius 1 is 1.11 bits per heavy atom. The normalized spacial score (nSPS) is 11.9. The number of sulfonamides is 1. The summed E-state index contributed by atoms with van der Waals surface area (Å²) in [5.41, 5.74) is 0. The van der Waals surface area contributed by atoms with Gasteiger partial charge in [0.05, 0.1) is 19.1 Å². The summed E-state index contributed by atoms with van der Waals surface area (Å²) >= 11 is 0. The van der Waals surface area contributed by atoms with Crippen molar-refractivity contribution in [2.45, 2.75) is 24.8 Å². The van der Waals surface area contributed by atoms with Gasteiger partial charge in [-0.1, -0.05) is 0 Å². The highest BCUT2D eigenvalue weighted by Crippen LogP contribution is 2.30. The van der Waals surface area contributed by atoms with E-state index in [1.807, 2.05) is 13.8 Å². The monoisotopic (exact) mass is 273 g/mol. The van der Waals surface area contributed by atoms with E-state index >= 15 is 0 Å². The van der Waals surface area contributed by atoms with Gasteiger partial charge in [-0.2, -0.15) is 4.31 Å². The molecular weight excluding hydrogens is 254 g/mol. The summed E-state index contributed by atoms with van der Waals surface area (Å²) in [5.74, 6) is 0.902. The maximum absolute atomic E-state index is 12.3. The molecule has 102 valence electrons. The van der Waals surface area contributed by atoms with Crippen molar-refractivity contribution in [3.8, 4) is 11.5 Å². The smallest absolute Gasteiger partial charge is 0.243 e. The number of rotatable bonds is 5. The molecule has 0 aliphatic heterocycles. The molecule has 1 aromatic rings. The molecule has 5 nitrogen and oxygen atoms in total. The molecule has 0 radical (unpaired) electrons. The molecule has 0 atom stereocenters. The number of hydrogen-bond acceptors (Lipinski definition) is 4. The summed E-state index contributed by atoms with van der Waals surface area (Å²) in [6.45, 7) is 3.64. The van der Waals surface area contributed by atoms with Gasteiger partial charge in [-0.05, 0) is 26.0 Å². The van der Waals surface area contributed by atoms with E-state index < -0.39 is 10.0 Å². The lowest BCUT2D eigenvalue weighted by Gasteiger charge is -2.21. The first-order valence-corrected chi connectivity index (χ1v) is 6.98. The predicted octanol–water partition coefficient (Wildman–Crippen LogP) is 1.73. The zero-order valence-electron chi connectivity index (χ0n) is 11.3. The lowest BCUT2D eigenvalue weighted by Crippen LogP contribution is -2.33. The van der Waals surface area contributed by atoms with Gasteiger partial charge in [0.25, 0.3) is 0 Å². The fourth-order valence-corrected chi connectivity index (χ4v) is 2.80. The average Bonchev–Trinajstić information content (AvgIpc) is 2.36. The van der Waals surface area contributed by atoms with Gasteiger partial charge >= 0.3 is 0 Å². The summed E-state index contributed by atoms with van der Waals surface area (Å²) in [4.78, 5) is 0.191. The molecule has 0 aliphatic rings. The Balaban J connectivity index is 3.26. The third-order valence-electron chi connectivity index (χ3n) is 2.76. The Kier molecular flexibility index (Phi) is 4.59. The molecule has 0 saturated carbocycles. The standard InChI is InChI=1S/C12H19NO4S/c1-9(2)13(3)18(14,15)10-6-7-11(16-4)12(8-10)17-5/h6-9H,1-5H3. The van der Waals surface area contributed by atoms with Crippen molar-refractivity contribution >= 4 is 10.0 Å². The summed E-state index contributed by atoms with van der Waals surface area (Å²) in [5, 5.41) is 0. The van der Waals surface area contributed by atoms with Gasteiger partial charge in [0, 0.05) is 19.2 Å². The van der Waals surface area contributed by atoms with Crippen LogP contribution in [-0.2, 0) is 10.0 Å². The minimum atomic E-state index is -3.50. The summed E-state index contributed by atoms with van der Waals surface area (Å²) in [6, 6.07) is 4.45. The SMILES string of the molecule is COc1ccc(S(=O)(=O)N(C)C(C)C)cc1OC. The van der Waals surface area contributed by atoms with Gasteiger partial charge in [-0.15, -0.1) is 0 Å². The van der Waals surface area contributed by atoms with Crippen molar-refractivity contribution in [3.63, 3.8) is 0 Å². The van der Waals surface area contributed by atoms with Crippen LogP contribution in [-0.4, -0.2) is 40.0 Å². The van der Waals surface area contributed by atoms with Crippen LogP contribution in [0.3, 0.4) is 0 Å². The molecule has 0 fully saturated rings. The van der Waals surface area contributed by atoms with Crippen LogP contribution in [0.5, 0.6) is 11.5 Å². The lowest BCUT2D eigenvalue weighted by atomic mass is 10.3. The van der Waals surface area contributed by atoms with Crippen molar-refractivity contribution in [1.82, 2.24) is 4.31 Å². The van der Waals surface area contributed by atoms with E-state index in [0.717, 1.165) is 0 Å². The van der Waals surface area contributed by atoms with Crippen LogP contribution in [0, 0.1) is 0 Å². The molecule has 0 bridgehead atoms. The maximum Gasteiger partial charge on any atom is 0.243 e. The van der Waals surface area contributed by atoms with E-state index in [4.69, 9.17) is 9.47 Å². The molecule has 0 amide bonds. The van der Waals surface area contributed by atoms with Crippen molar-refractivity contribution in [1.29, 1.82) is 0 Å². The van der Waals surface area contributed by atoms with Crippen molar-refractivity contribution < 1.29 is 17.9 Å². The Bertz CT molecular complexity index is 511. The van der Waals surface area contributed by atoms with Crippen LogP contribution in [0.2, 0.25) is 0 Å². The van der Waals surface area contributed by atoms with Gasteiger partial charge in [-0.25, -0.2) is 8.42 Å². The highest BCUT2D eigenvalue weighted by molar-refractivity contribution is 7.89. The summed E-state index contributed by atoms with van der Waals surface area (Å²) in [6.07, 6.45) is 0. The number of benzene rings is 1. The number of methoxy groups -OCH3 is 2. The molecule has 0 N–H and O–H groups in total. The van der Waals surface area contributed by atoms with Gasteiger partial charge in [-0.3, -0.25) is 0 Å². The molecule has 1 rings (SSSR count). The second kappa shape index (κ2) is 5.58. The number of ether oxygens (including phenoxy) is 2. The van der Waals surface area contributed by atoms with E-state index in [9.17, 15) is 8.42 Å². The fraction of sp³-hybridized carbons (Fsp3) is 0.500. The number of nitrogens with zero attached hydrogens (tertiary/aromatic N) is 1. The van der Waals surface area contributed by atoms with Gasteiger partial charge < -0.3 is 9.47 Å². The molecule has 0 saturated heterocycles. The quantitative estimate of drug-likeness (QED) is 0.820. The molecule has 0 aliphatic carbocycles. The number of hydrogen-bond donors (Lipinski definition) is 0. The van der Waals surface area contributed by atoms with Crippen LogP contribution in [0.25, 0.3) is 0 Å². The molecule has 0 spiro atoms. The van der Waals surface area contributed by atoms with E-state index in [-0.39, 0.29) is 10.9 Å². The first-order chi connectivity index (χ1) is 8.34. The molecule has 0 heterocycles. The highest BCUT2D eigenvalue weighted by Gasteiger charge is 2.24. The zero-order valence-corrected chi connectivity index (χ0v) is 12.1. The minimum Gasteiger partial charge on any atom is -0.493 e. The minimum absolute atomic E-state index is 0.108. The Labute approximate surface area is 108 Å². The van der Waals surface area contributed by atoms with E-state index in [1.165, 1.54) is 30.7 Å². The first kappa shape index (κ1) is 14.8. The summed E-state index contributed by atoms with van der Waals surface area (Å²) in [7, 11) is 1.03. The zero-order chi connectivity index (χ0) is 13.9. The molecule has 0 unspecified atom stereocenters. The Morgan fingerprint density at radius 2 is 1.67 bits per heavy atom. The largest absolute Gasteiger partial charge is 0.493 e. The fourth-order valence-electron chi connectivity index (χ4n) is 1.42. The predicted molar refractivity (Wildman–Crippen MR) is 69.6 cm³/mol. The second-order valence-corrected chi connectivity index (χ2v) is 6.13.